The minimum absolute atomic E-state index is 0.264. The smallest absolute Gasteiger partial charge is 0.274 e. The van der Waals surface area contributed by atoms with Crippen LogP contribution >= 0.6 is 0 Å². The van der Waals surface area contributed by atoms with Crippen LogP contribution in [0.1, 0.15) is 32.9 Å². The lowest BCUT2D eigenvalue weighted by Crippen LogP contribution is -2.15. The van der Waals surface area contributed by atoms with Crippen LogP contribution in [0, 0.1) is 32.1 Å². The van der Waals surface area contributed by atoms with E-state index in [0.29, 0.717) is 22.9 Å². The fraction of sp³-hybridized carbons (Fsp3) is 0.143. The van der Waals surface area contributed by atoms with Gasteiger partial charge in [0.25, 0.3) is 5.91 Å². The van der Waals surface area contributed by atoms with Crippen molar-refractivity contribution in [3.8, 4) is 6.07 Å². The van der Waals surface area contributed by atoms with Gasteiger partial charge in [0.2, 0.25) is 5.95 Å². The number of nitriles is 1. The molecular formula is C21H19N5O. The minimum Gasteiger partial charge on any atom is -0.324 e. The zero-order chi connectivity index (χ0) is 19.4. The fourth-order valence-electron chi connectivity index (χ4n) is 2.78. The number of rotatable bonds is 4. The normalized spacial score (nSPS) is 10.1. The standard InChI is InChI=1S/C21H19N5O/c1-13-7-14(2)9-18(8-13)24-20(27)19-10-15(3)23-21(26-19)25-17-6-4-5-16(11-17)12-22/h4-11H,1-3H3,(H,24,27)(H,23,25,26). The molecule has 0 aliphatic rings. The Labute approximate surface area is 157 Å². The van der Waals surface area contributed by atoms with E-state index in [1.54, 1.807) is 31.2 Å². The van der Waals surface area contributed by atoms with E-state index in [2.05, 4.69) is 26.7 Å². The number of anilines is 3. The molecule has 0 unspecified atom stereocenters. The van der Waals surface area contributed by atoms with Crippen molar-refractivity contribution < 1.29 is 4.79 Å². The van der Waals surface area contributed by atoms with E-state index in [1.807, 2.05) is 38.1 Å². The highest BCUT2D eigenvalue weighted by atomic mass is 16.1. The second kappa shape index (κ2) is 7.67. The monoisotopic (exact) mass is 357 g/mol. The Morgan fingerprint density at radius 3 is 2.41 bits per heavy atom. The molecule has 0 fully saturated rings. The van der Waals surface area contributed by atoms with E-state index < -0.39 is 0 Å². The SMILES string of the molecule is Cc1cc(C)cc(NC(=O)c2cc(C)nc(Nc3cccc(C#N)c3)n2)c1. The first-order chi connectivity index (χ1) is 12.9. The van der Waals surface area contributed by atoms with Crippen LogP contribution in [0.5, 0.6) is 0 Å². The molecule has 1 heterocycles. The Kier molecular flexibility index (Phi) is 5.13. The Morgan fingerprint density at radius 1 is 0.963 bits per heavy atom. The first-order valence-corrected chi connectivity index (χ1v) is 8.45. The van der Waals surface area contributed by atoms with E-state index in [1.165, 1.54) is 0 Å². The summed E-state index contributed by atoms with van der Waals surface area (Å²) in [4.78, 5) is 21.2. The average molecular weight is 357 g/mol. The third-order valence-corrected chi connectivity index (χ3v) is 3.81. The number of benzene rings is 2. The van der Waals surface area contributed by atoms with E-state index in [9.17, 15) is 4.79 Å². The summed E-state index contributed by atoms with van der Waals surface area (Å²) in [6.45, 7) is 5.76. The topological polar surface area (TPSA) is 90.7 Å². The highest BCUT2D eigenvalue weighted by Crippen LogP contribution is 2.17. The number of hydrogen-bond donors (Lipinski definition) is 2. The number of aromatic nitrogens is 2. The first-order valence-electron chi connectivity index (χ1n) is 8.45. The summed E-state index contributed by atoms with van der Waals surface area (Å²) in [5.74, 6) is -0.00464. The highest BCUT2D eigenvalue weighted by Gasteiger charge is 2.12. The van der Waals surface area contributed by atoms with Gasteiger partial charge in [-0.3, -0.25) is 4.79 Å². The molecule has 0 radical (unpaired) electrons. The van der Waals surface area contributed by atoms with Crippen LogP contribution in [0.3, 0.4) is 0 Å². The molecule has 6 nitrogen and oxygen atoms in total. The fourth-order valence-corrected chi connectivity index (χ4v) is 2.78. The second-order valence-corrected chi connectivity index (χ2v) is 6.37. The molecule has 1 aromatic heterocycles. The summed E-state index contributed by atoms with van der Waals surface area (Å²) < 4.78 is 0. The molecule has 2 N–H and O–H groups in total. The maximum Gasteiger partial charge on any atom is 0.274 e. The van der Waals surface area contributed by atoms with Crippen LogP contribution in [0.15, 0.2) is 48.5 Å². The second-order valence-electron chi connectivity index (χ2n) is 6.37. The largest absolute Gasteiger partial charge is 0.324 e. The predicted octanol–water partition coefficient (Wildman–Crippen LogP) is 4.27. The van der Waals surface area contributed by atoms with Crippen molar-refractivity contribution in [2.45, 2.75) is 20.8 Å². The molecule has 134 valence electrons. The molecular weight excluding hydrogens is 338 g/mol. The Hall–Kier alpha value is -3.72. The summed E-state index contributed by atoms with van der Waals surface area (Å²) >= 11 is 0. The summed E-state index contributed by atoms with van der Waals surface area (Å²) in [5.41, 5.74) is 5.01. The lowest BCUT2D eigenvalue weighted by molar-refractivity contribution is 0.102. The van der Waals surface area contributed by atoms with Gasteiger partial charge in [0.05, 0.1) is 11.6 Å². The molecule has 0 saturated carbocycles. The maximum atomic E-state index is 12.6. The third kappa shape index (κ3) is 4.67. The van der Waals surface area contributed by atoms with Gasteiger partial charge in [-0.1, -0.05) is 12.1 Å². The van der Waals surface area contributed by atoms with Gasteiger partial charge in [-0.25, -0.2) is 9.97 Å². The Balaban J connectivity index is 1.83. The Morgan fingerprint density at radius 2 is 1.70 bits per heavy atom. The third-order valence-electron chi connectivity index (χ3n) is 3.81. The number of hydrogen-bond acceptors (Lipinski definition) is 5. The summed E-state index contributed by atoms with van der Waals surface area (Å²) in [5, 5.41) is 14.9. The zero-order valence-corrected chi connectivity index (χ0v) is 15.4. The van der Waals surface area contributed by atoms with Crippen LogP contribution < -0.4 is 10.6 Å². The molecule has 0 spiro atoms. The summed E-state index contributed by atoms with van der Waals surface area (Å²) in [7, 11) is 0. The lowest BCUT2D eigenvalue weighted by atomic mass is 10.1. The first kappa shape index (κ1) is 18.1. The van der Waals surface area contributed by atoms with Gasteiger partial charge in [-0.15, -0.1) is 0 Å². The molecule has 0 atom stereocenters. The van der Waals surface area contributed by atoms with Crippen molar-refractivity contribution in [1.82, 2.24) is 9.97 Å². The van der Waals surface area contributed by atoms with Gasteiger partial charge < -0.3 is 10.6 Å². The van der Waals surface area contributed by atoms with Crippen LogP contribution in [0.4, 0.5) is 17.3 Å². The number of nitrogens with one attached hydrogen (secondary N) is 2. The molecule has 3 rings (SSSR count). The number of carbonyl (C=O) groups is 1. The number of aryl methyl sites for hydroxylation is 3. The summed E-state index contributed by atoms with van der Waals surface area (Å²) in [6, 6.07) is 16.6. The predicted molar refractivity (Wildman–Crippen MR) is 105 cm³/mol. The molecule has 1 amide bonds. The van der Waals surface area contributed by atoms with E-state index >= 15 is 0 Å². The molecule has 0 aliphatic carbocycles. The van der Waals surface area contributed by atoms with Crippen molar-refractivity contribution >= 4 is 23.2 Å². The molecule has 3 aromatic rings. The molecule has 0 aliphatic heterocycles. The van der Waals surface area contributed by atoms with E-state index in [4.69, 9.17) is 5.26 Å². The van der Waals surface area contributed by atoms with Crippen LogP contribution in [-0.2, 0) is 0 Å². The van der Waals surface area contributed by atoms with Crippen LogP contribution in [0.2, 0.25) is 0 Å². The van der Waals surface area contributed by atoms with E-state index in [-0.39, 0.29) is 11.6 Å². The van der Waals surface area contributed by atoms with Gasteiger partial charge in [-0.2, -0.15) is 5.26 Å². The van der Waals surface area contributed by atoms with Crippen molar-refractivity contribution in [1.29, 1.82) is 5.26 Å². The van der Waals surface area contributed by atoms with Crippen molar-refractivity contribution in [3.63, 3.8) is 0 Å². The van der Waals surface area contributed by atoms with Crippen LogP contribution in [0.25, 0.3) is 0 Å². The minimum atomic E-state index is -0.306. The van der Waals surface area contributed by atoms with Gasteiger partial charge in [0.15, 0.2) is 0 Å². The number of carbonyl (C=O) groups excluding carboxylic acids is 1. The highest BCUT2D eigenvalue weighted by molar-refractivity contribution is 6.03. The average Bonchev–Trinajstić information content (AvgIpc) is 2.60. The molecule has 2 aromatic carbocycles. The van der Waals surface area contributed by atoms with Gasteiger partial charge in [0, 0.05) is 17.1 Å². The Bertz CT molecular complexity index is 1030. The van der Waals surface area contributed by atoms with Gasteiger partial charge >= 0.3 is 0 Å². The quantitative estimate of drug-likeness (QED) is 0.728. The zero-order valence-electron chi connectivity index (χ0n) is 15.4. The summed E-state index contributed by atoms with van der Waals surface area (Å²) in [6.07, 6.45) is 0. The van der Waals surface area contributed by atoms with Gasteiger partial charge in [-0.05, 0) is 68.3 Å². The number of nitrogens with zero attached hydrogens (tertiary/aromatic N) is 3. The maximum absolute atomic E-state index is 12.6. The number of amides is 1. The molecule has 0 bridgehead atoms. The van der Waals surface area contributed by atoms with Crippen molar-refractivity contribution in [3.05, 3.63) is 76.6 Å². The lowest BCUT2D eigenvalue weighted by Gasteiger charge is -2.10. The van der Waals surface area contributed by atoms with Gasteiger partial charge in [0.1, 0.15) is 5.69 Å². The molecule has 0 saturated heterocycles. The van der Waals surface area contributed by atoms with Crippen molar-refractivity contribution in [2.24, 2.45) is 0 Å². The molecule has 6 heteroatoms. The molecule has 27 heavy (non-hydrogen) atoms. The van der Waals surface area contributed by atoms with Crippen molar-refractivity contribution in [2.75, 3.05) is 10.6 Å². The van der Waals surface area contributed by atoms with E-state index in [0.717, 1.165) is 16.8 Å². The van der Waals surface area contributed by atoms with Crippen LogP contribution in [-0.4, -0.2) is 15.9 Å².